The molecule has 0 aromatic carbocycles. The second kappa shape index (κ2) is 5.55. The lowest BCUT2D eigenvalue weighted by Crippen LogP contribution is -2.24. The molecule has 1 unspecified atom stereocenters. The van der Waals surface area contributed by atoms with Crippen LogP contribution in [-0.4, -0.2) is 26.8 Å². The van der Waals surface area contributed by atoms with Gasteiger partial charge in [-0.1, -0.05) is 6.92 Å². The molecule has 0 spiro atoms. The summed E-state index contributed by atoms with van der Waals surface area (Å²) in [4.78, 5) is 0. The molecule has 1 rings (SSSR count). The van der Waals surface area contributed by atoms with Crippen molar-refractivity contribution < 1.29 is 4.74 Å². The van der Waals surface area contributed by atoms with Crippen molar-refractivity contribution in [2.75, 3.05) is 26.8 Å². The lowest BCUT2D eigenvalue weighted by Gasteiger charge is -2.27. The SMILES string of the molecule is CNCCC(C)C1CCOCC1. The molecule has 0 aromatic rings. The minimum Gasteiger partial charge on any atom is -0.381 e. The van der Waals surface area contributed by atoms with E-state index in [0.717, 1.165) is 31.6 Å². The highest BCUT2D eigenvalue weighted by Crippen LogP contribution is 2.25. The van der Waals surface area contributed by atoms with Crippen molar-refractivity contribution >= 4 is 0 Å². The first-order chi connectivity index (χ1) is 5.84. The smallest absolute Gasteiger partial charge is 0.0468 e. The molecule has 0 aliphatic carbocycles. The summed E-state index contributed by atoms with van der Waals surface area (Å²) < 4.78 is 5.34. The minimum absolute atomic E-state index is 0.862. The van der Waals surface area contributed by atoms with Crippen LogP contribution in [-0.2, 0) is 4.74 Å². The summed E-state index contributed by atoms with van der Waals surface area (Å²) in [7, 11) is 2.02. The second-order valence-corrected chi connectivity index (χ2v) is 3.82. The third kappa shape index (κ3) is 3.11. The molecule has 1 heterocycles. The highest BCUT2D eigenvalue weighted by Gasteiger charge is 2.19. The molecular formula is C10H21NO. The fourth-order valence-corrected chi connectivity index (χ4v) is 1.89. The Morgan fingerprint density at radius 1 is 1.42 bits per heavy atom. The third-order valence-electron chi connectivity index (χ3n) is 2.92. The van der Waals surface area contributed by atoms with Crippen LogP contribution in [0.1, 0.15) is 26.2 Å². The number of rotatable bonds is 4. The van der Waals surface area contributed by atoms with E-state index in [1.54, 1.807) is 0 Å². The highest BCUT2D eigenvalue weighted by molar-refractivity contribution is 4.70. The molecule has 72 valence electrons. The first-order valence-electron chi connectivity index (χ1n) is 5.07. The van der Waals surface area contributed by atoms with Crippen molar-refractivity contribution in [1.29, 1.82) is 0 Å². The van der Waals surface area contributed by atoms with E-state index in [1.807, 2.05) is 7.05 Å². The molecule has 0 radical (unpaired) electrons. The average molecular weight is 171 g/mol. The van der Waals surface area contributed by atoms with Gasteiger partial charge in [0.05, 0.1) is 0 Å². The van der Waals surface area contributed by atoms with E-state index in [9.17, 15) is 0 Å². The molecule has 1 aliphatic rings. The van der Waals surface area contributed by atoms with Gasteiger partial charge in [-0.25, -0.2) is 0 Å². The molecule has 0 bridgehead atoms. The summed E-state index contributed by atoms with van der Waals surface area (Å²) in [6.45, 7) is 5.48. The molecule has 0 amide bonds. The van der Waals surface area contributed by atoms with Crippen molar-refractivity contribution in [1.82, 2.24) is 5.32 Å². The number of hydrogen-bond donors (Lipinski definition) is 1. The zero-order chi connectivity index (χ0) is 8.81. The van der Waals surface area contributed by atoms with Gasteiger partial charge in [0.15, 0.2) is 0 Å². The van der Waals surface area contributed by atoms with Gasteiger partial charge < -0.3 is 10.1 Å². The zero-order valence-electron chi connectivity index (χ0n) is 8.31. The molecule has 2 nitrogen and oxygen atoms in total. The lowest BCUT2D eigenvalue weighted by atomic mass is 9.85. The van der Waals surface area contributed by atoms with Gasteiger partial charge in [0.2, 0.25) is 0 Å². The van der Waals surface area contributed by atoms with Gasteiger partial charge >= 0.3 is 0 Å². The van der Waals surface area contributed by atoms with E-state index in [4.69, 9.17) is 4.74 Å². The standard InChI is InChI=1S/C10H21NO/c1-9(3-6-11-2)10-4-7-12-8-5-10/h9-11H,3-8H2,1-2H3. The van der Waals surface area contributed by atoms with Crippen LogP contribution in [0.4, 0.5) is 0 Å². The summed E-state index contributed by atoms with van der Waals surface area (Å²) >= 11 is 0. The van der Waals surface area contributed by atoms with Crippen molar-refractivity contribution in [2.24, 2.45) is 11.8 Å². The van der Waals surface area contributed by atoms with E-state index in [1.165, 1.54) is 19.3 Å². The number of ether oxygens (including phenoxy) is 1. The molecule has 2 heteroatoms. The maximum Gasteiger partial charge on any atom is 0.0468 e. The van der Waals surface area contributed by atoms with Gasteiger partial charge in [-0.2, -0.15) is 0 Å². The number of nitrogens with one attached hydrogen (secondary N) is 1. The lowest BCUT2D eigenvalue weighted by molar-refractivity contribution is 0.0482. The first-order valence-corrected chi connectivity index (χ1v) is 5.07. The van der Waals surface area contributed by atoms with Gasteiger partial charge in [-0.3, -0.25) is 0 Å². The Morgan fingerprint density at radius 2 is 2.08 bits per heavy atom. The Morgan fingerprint density at radius 3 is 2.67 bits per heavy atom. The molecule has 0 aromatic heterocycles. The van der Waals surface area contributed by atoms with E-state index >= 15 is 0 Å². The minimum atomic E-state index is 0.862. The molecule has 0 saturated carbocycles. The fourth-order valence-electron chi connectivity index (χ4n) is 1.89. The Kier molecular flexibility index (Phi) is 4.62. The summed E-state index contributed by atoms with van der Waals surface area (Å²) in [5.41, 5.74) is 0. The van der Waals surface area contributed by atoms with Crippen LogP contribution in [0.25, 0.3) is 0 Å². The number of hydrogen-bond acceptors (Lipinski definition) is 2. The van der Waals surface area contributed by atoms with Crippen LogP contribution in [0.5, 0.6) is 0 Å². The van der Waals surface area contributed by atoms with Gasteiger partial charge in [-0.15, -0.1) is 0 Å². The van der Waals surface area contributed by atoms with Crippen LogP contribution >= 0.6 is 0 Å². The van der Waals surface area contributed by atoms with Crippen LogP contribution in [0, 0.1) is 11.8 Å². The average Bonchev–Trinajstić information content (AvgIpc) is 2.15. The molecule has 12 heavy (non-hydrogen) atoms. The van der Waals surface area contributed by atoms with E-state index in [2.05, 4.69) is 12.2 Å². The molecular weight excluding hydrogens is 150 g/mol. The van der Waals surface area contributed by atoms with Crippen molar-refractivity contribution in [3.8, 4) is 0 Å². The van der Waals surface area contributed by atoms with E-state index in [-0.39, 0.29) is 0 Å². The molecule has 1 saturated heterocycles. The quantitative estimate of drug-likeness (QED) is 0.694. The molecule has 1 atom stereocenters. The van der Waals surface area contributed by atoms with Gasteiger partial charge in [0.25, 0.3) is 0 Å². The van der Waals surface area contributed by atoms with Gasteiger partial charge in [-0.05, 0) is 44.7 Å². The Balaban J connectivity index is 2.15. The maximum absolute atomic E-state index is 5.34. The van der Waals surface area contributed by atoms with Crippen LogP contribution in [0.2, 0.25) is 0 Å². The predicted molar refractivity (Wildman–Crippen MR) is 51.3 cm³/mol. The monoisotopic (exact) mass is 171 g/mol. The molecule has 1 fully saturated rings. The molecule has 1 aliphatic heterocycles. The first kappa shape index (κ1) is 10.0. The Bertz CT molecular complexity index is 110. The van der Waals surface area contributed by atoms with Crippen LogP contribution < -0.4 is 5.32 Å². The normalized spacial score (nSPS) is 22.5. The summed E-state index contributed by atoms with van der Waals surface area (Å²) in [6, 6.07) is 0. The summed E-state index contributed by atoms with van der Waals surface area (Å²) in [5.74, 6) is 1.77. The topological polar surface area (TPSA) is 21.3 Å². The van der Waals surface area contributed by atoms with E-state index < -0.39 is 0 Å². The largest absolute Gasteiger partial charge is 0.381 e. The Labute approximate surface area is 75.7 Å². The van der Waals surface area contributed by atoms with Gasteiger partial charge in [0.1, 0.15) is 0 Å². The molecule has 1 N–H and O–H groups in total. The summed E-state index contributed by atoms with van der Waals surface area (Å²) in [5, 5.41) is 3.21. The zero-order valence-corrected chi connectivity index (χ0v) is 8.31. The fraction of sp³-hybridized carbons (Fsp3) is 1.00. The highest BCUT2D eigenvalue weighted by atomic mass is 16.5. The van der Waals surface area contributed by atoms with E-state index in [0.29, 0.717) is 0 Å². The maximum atomic E-state index is 5.34. The third-order valence-corrected chi connectivity index (χ3v) is 2.92. The second-order valence-electron chi connectivity index (χ2n) is 3.82. The van der Waals surface area contributed by atoms with Crippen LogP contribution in [0.3, 0.4) is 0 Å². The predicted octanol–water partition coefficient (Wildman–Crippen LogP) is 1.66. The van der Waals surface area contributed by atoms with Crippen molar-refractivity contribution in [3.05, 3.63) is 0 Å². The van der Waals surface area contributed by atoms with Gasteiger partial charge in [0, 0.05) is 13.2 Å². The van der Waals surface area contributed by atoms with Crippen LogP contribution in [0.15, 0.2) is 0 Å². The summed E-state index contributed by atoms with van der Waals surface area (Å²) in [6.07, 6.45) is 3.84. The van der Waals surface area contributed by atoms with Crippen molar-refractivity contribution in [2.45, 2.75) is 26.2 Å². The van der Waals surface area contributed by atoms with Crippen molar-refractivity contribution in [3.63, 3.8) is 0 Å². The Hall–Kier alpha value is -0.0800.